The average Bonchev–Trinajstić information content (AvgIpc) is 3.40. The first-order valence-electron chi connectivity index (χ1n) is 10.6. The van der Waals surface area contributed by atoms with E-state index in [0.29, 0.717) is 11.5 Å². The van der Waals surface area contributed by atoms with Crippen molar-refractivity contribution in [3.63, 3.8) is 0 Å². The zero-order valence-electron chi connectivity index (χ0n) is 17.1. The Labute approximate surface area is 176 Å². The van der Waals surface area contributed by atoms with Gasteiger partial charge in [-0.1, -0.05) is 61.4 Å². The van der Waals surface area contributed by atoms with E-state index in [9.17, 15) is 9.50 Å². The van der Waals surface area contributed by atoms with Crippen LogP contribution in [0.1, 0.15) is 47.9 Å². The minimum atomic E-state index is -1.40. The lowest BCUT2D eigenvalue weighted by atomic mass is 9.79. The standard InChI is InChI=1S/C27H25FO2/c1-30-22-14-11-19(12-15-22)26-25(18-7-5-6-8-18)23-16-13-21(28)17-24(23)27(26,29)20-9-3-2-4-10-20/h2-4,9-18,29H,5-8H2,1H3. The van der Waals surface area contributed by atoms with Crippen molar-refractivity contribution in [2.75, 3.05) is 7.11 Å². The van der Waals surface area contributed by atoms with Gasteiger partial charge in [-0.3, -0.25) is 0 Å². The molecule has 152 valence electrons. The Morgan fingerprint density at radius 2 is 1.63 bits per heavy atom. The van der Waals surface area contributed by atoms with Gasteiger partial charge < -0.3 is 9.84 Å². The van der Waals surface area contributed by atoms with Gasteiger partial charge in [0.2, 0.25) is 0 Å². The molecule has 2 aliphatic carbocycles. The molecule has 2 nitrogen and oxygen atoms in total. The summed E-state index contributed by atoms with van der Waals surface area (Å²) in [6.07, 6.45) is 4.56. The van der Waals surface area contributed by atoms with Crippen molar-refractivity contribution in [2.24, 2.45) is 5.92 Å². The first kappa shape index (κ1) is 19.1. The molecule has 3 heteroatoms. The molecule has 30 heavy (non-hydrogen) atoms. The molecule has 3 aromatic carbocycles. The fraction of sp³-hybridized carbons (Fsp3) is 0.259. The Bertz CT molecular complexity index is 1100. The molecular weight excluding hydrogens is 375 g/mol. The summed E-state index contributed by atoms with van der Waals surface area (Å²) in [7, 11) is 1.65. The van der Waals surface area contributed by atoms with E-state index in [1.54, 1.807) is 7.11 Å². The van der Waals surface area contributed by atoms with Crippen molar-refractivity contribution < 1.29 is 14.2 Å². The summed E-state index contributed by atoms with van der Waals surface area (Å²) in [5, 5.41) is 12.4. The van der Waals surface area contributed by atoms with E-state index in [0.717, 1.165) is 40.9 Å². The van der Waals surface area contributed by atoms with E-state index >= 15 is 0 Å². The highest BCUT2D eigenvalue weighted by Gasteiger charge is 2.47. The summed E-state index contributed by atoms with van der Waals surface area (Å²) in [5.41, 5.74) is 3.96. The maximum atomic E-state index is 14.4. The number of hydrogen-bond donors (Lipinski definition) is 1. The molecule has 0 amide bonds. The van der Waals surface area contributed by atoms with Gasteiger partial charge in [0, 0.05) is 11.1 Å². The van der Waals surface area contributed by atoms with Gasteiger partial charge in [0.05, 0.1) is 7.11 Å². The van der Waals surface area contributed by atoms with Crippen LogP contribution >= 0.6 is 0 Å². The SMILES string of the molecule is COc1ccc(C2=C(C3CCCC3)c3ccc(F)cc3C2(O)c2ccccc2)cc1. The molecule has 3 aromatic rings. The number of halogens is 1. The zero-order valence-corrected chi connectivity index (χ0v) is 17.1. The van der Waals surface area contributed by atoms with Gasteiger partial charge in [-0.15, -0.1) is 0 Å². The van der Waals surface area contributed by atoms with Crippen LogP contribution in [-0.4, -0.2) is 12.2 Å². The highest BCUT2D eigenvalue weighted by atomic mass is 19.1. The zero-order chi connectivity index (χ0) is 20.7. The molecule has 5 rings (SSSR count). The Hall–Kier alpha value is -2.91. The molecule has 0 aliphatic heterocycles. The first-order valence-corrected chi connectivity index (χ1v) is 10.6. The number of hydrogen-bond acceptors (Lipinski definition) is 2. The minimum Gasteiger partial charge on any atom is -0.497 e. The van der Waals surface area contributed by atoms with Gasteiger partial charge in [0.15, 0.2) is 0 Å². The molecule has 2 aliphatic rings. The molecule has 0 bridgehead atoms. The van der Waals surface area contributed by atoms with Crippen LogP contribution in [0.3, 0.4) is 0 Å². The van der Waals surface area contributed by atoms with Crippen LogP contribution in [0.15, 0.2) is 72.8 Å². The van der Waals surface area contributed by atoms with Crippen LogP contribution in [0.2, 0.25) is 0 Å². The second-order valence-corrected chi connectivity index (χ2v) is 8.26. The third-order valence-corrected chi connectivity index (χ3v) is 6.63. The molecule has 0 spiro atoms. The molecule has 0 aromatic heterocycles. The van der Waals surface area contributed by atoms with Crippen LogP contribution in [-0.2, 0) is 5.60 Å². The Kier molecular flexibility index (Phi) is 4.71. The van der Waals surface area contributed by atoms with Gasteiger partial charge >= 0.3 is 0 Å². The van der Waals surface area contributed by atoms with E-state index in [2.05, 4.69) is 0 Å². The normalized spacial score (nSPS) is 21.2. The number of methoxy groups -OCH3 is 1. The lowest BCUT2D eigenvalue weighted by Gasteiger charge is -2.30. The number of allylic oxidation sites excluding steroid dienone is 1. The van der Waals surface area contributed by atoms with Gasteiger partial charge in [-0.05, 0) is 65.3 Å². The molecule has 1 atom stereocenters. The van der Waals surface area contributed by atoms with Crippen LogP contribution in [0.25, 0.3) is 11.1 Å². The Morgan fingerprint density at radius 1 is 0.933 bits per heavy atom. The van der Waals surface area contributed by atoms with Crippen molar-refractivity contribution in [3.05, 3.63) is 101 Å². The van der Waals surface area contributed by atoms with Crippen LogP contribution in [0.4, 0.5) is 4.39 Å². The van der Waals surface area contributed by atoms with Crippen LogP contribution in [0.5, 0.6) is 5.75 Å². The number of ether oxygens (including phenoxy) is 1. The summed E-state index contributed by atoms with van der Waals surface area (Å²) < 4.78 is 19.8. The topological polar surface area (TPSA) is 29.5 Å². The van der Waals surface area contributed by atoms with E-state index < -0.39 is 5.60 Å². The predicted octanol–water partition coefficient (Wildman–Crippen LogP) is 6.18. The van der Waals surface area contributed by atoms with Crippen molar-refractivity contribution in [2.45, 2.75) is 31.3 Å². The lowest BCUT2D eigenvalue weighted by Crippen LogP contribution is -2.27. The largest absolute Gasteiger partial charge is 0.497 e. The van der Waals surface area contributed by atoms with Gasteiger partial charge in [-0.25, -0.2) is 4.39 Å². The molecule has 1 saturated carbocycles. The van der Waals surface area contributed by atoms with Crippen LogP contribution in [0, 0.1) is 11.7 Å². The maximum absolute atomic E-state index is 14.4. The summed E-state index contributed by atoms with van der Waals surface area (Å²) in [6.45, 7) is 0. The smallest absolute Gasteiger partial charge is 0.142 e. The lowest BCUT2D eigenvalue weighted by molar-refractivity contribution is 0.148. The number of aliphatic hydroxyl groups is 1. The molecule has 0 radical (unpaired) electrons. The van der Waals surface area contributed by atoms with Crippen LogP contribution < -0.4 is 4.74 Å². The van der Waals surface area contributed by atoms with Crippen molar-refractivity contribution in [1.82, 2.24) is 0 Å². The number of benzene rings is 3. The van der Waals surface area contributed by atoms with Gasteiger partial charge in [0.25, 0.3) is 0 Å². The Morgan fingerprint density at radius 3 is 2.30 bits per heavy atom. The van der Waals surface area contributed by atoms with Gasteiger partial charge in [0.1, 0.15) is 17.2 Å². The number of rotatable bonds is 4. The average molecular weight is 400 g/mol. The highest BCUT2D eigenvalue weighted by molar-refractivity contribution is 6.03. The predicted molar refractivity (Wildman–Crippen MR) is 118 cm³/mol. The van der Waals surface area contributed by atoms with E-state index in [1.807, 2.05) is 60.7 Å². The minimum absolute atomic E-state index is 0.329. The summed E-state index contributed by atoms with van der Waals surface area (Å²) in [5.74, 6) is 0.806. The summed E-state index contributed by atoms with van der Waals surface area (Å²) >= 11 is 0. The maximum Gasteiger partial charge on any atom is 0.142 e. The fourth-order valence-electron chi connectivity index (χ4n) is 5.25. The van der Waals surface area contributed by atoms with E-state index in [-0.39, 0.29) is 5.82 Å². The molecule has 1 fully saturated rings. The van der Waals surface area contributed by atoms with Crippen molar-refractivity contribution in [3.8, 4) is 5.75 Å². The first-order chi connectivity index (χ1) is 14.6. The van der Waals surface area contributed by atoms with E-state index in [1.165, 1.54) is 30.5 Å². The fourth-order valence-corrected chi connectivity index (χ4v) is 5.25. The monoisotopic (exact) mass is 400 g/mol. The van der Waals surface area contributed by atoms with Gasteiger partial charge in [-0.2, -0.15) is 0 Å². The van der Waals surface area contributed by atoms with E-state index in [4.69, 9.17) is 4.74 Å². The number of fused-ring (bicyclic) bond motifs is 1. The second kappa shape index (κ2) is 7.41. The third kappa shape index (κ3) is 2.88. The molecule has 1 unspecified atom stereocenters. The Balaban J connectivity index is 1.83. The second-order valence-electron chi connectivity index (χ2n) is 8.26. The third-order valence-electron chi connectivity index (χ3n) is 6.63. The highest BCUT2D eigenvalue weighted by Crippen LogP contribution is 2.57. The molecule has 0 heterocycles. The quantitative estimate of drug-likeness (QED) is 0.566. The summed E-state index contributed by atoms with van der Waals surface area (Å²) in [4.78, 5) is 0. The molecule has 1 N–H and O–H groups in total. The molecular formula is C27H25FO2. The van der Waals surface area contributed by atoms with Crippen molar-refractivity contribution in [1.29, 1.82) is 0 Å². The summed E-state index contributed by atoms with van der Waals surface area (Å²) in [6, 6.07) is 22.3. The van der Waals surface area contributed by atoms with Crippen molar-refractivity contribution >= 4 is 11.1 Å². The molecule has 0 saturated heterocycles.